The Bertz CT molecular complexity index is 776. The molecule has 112 valence electrons. The molecule has 0 saturated heterocycles. The van der Waals surface area contributed by atoms with Crippen LogP contribution in [0.4, 0.5) is 8.78 Å². The Hall–Kier alpha value is -2.67. The summed E-state index contributed by atoms with van der Waals surface area (Å²) in [6, 6.07) is 12.1. The van der Waals surface area contributed by atoms with Crippen LogP contribution < -0.4 is 0 Å². The van der Waals surface area contributed by atoms with Crippen molar-refractivity contribution in [1.82, 2.24) is 20.2 Å². The number of aliphatic hydroxyl groups is 1. The summed E-state index contributed by atoms with van der Waals surface area (Å²) < 4.78 is 26.7. The fourth-order valence-corrected chi connectivity index (χ4v) is 2.05. The maximum atomic E-state index is 13.6. The van der Waals surface area contributed by atoms with Gasteiger partial charge in [0.2, 0.25) is 5.82 Å². The van der Waals surface area contributed by atoms with E-state index in [-0.39, 0.29) is 12.1 Å². The predicted octanol–water partition coefficient (Wildman–Crippen LogP) is 2.35. The molecule has 2 aromatic carbocycles. The average molecular weight is 302 g/mol. The zero-order valence-corrected chi connectivity index (χ0v) is 11.4. The van der Waals surface area contributed by atoms with Crippen LogP contribution in [-0.2, 0) is 6.54 Å². The number of rotatable bonds is 4. The normalized spacial score (nSPS) is 12.3. The first kappa shape index (κ1) is 14.3. The van der Waals surface area contributed by atoms with Gasteiger partial charge in [-0.3, -0.25) is 0 Å². The minimum atomic E-state index is -1.27. The maximum absolute atomic E-state index is 13.6. The molecular formula is C15H12F2N4O. The topological polar surface area (TPSA) is 63.8 Å². The highest BCUT2D eigenvalue weighted by molar-refractivity contribution is 5.52. The third-order valence-corrected chi connectivity index (χ3v) is 3.14. The fraction of sp³-hybridized carbons (Fsp3) is 0.133. The van der Waals surface area contributed by atoms with E-state index in [1.165, 1.54) is 0 Å². The monoisotopic (exact) mass is 302 g/mol. The van der Waals surface area contributed by atoms with Gasteiger partial charge >= 0.3 is 0 Å². The van der Waals surface area contributed by atoms with E-state index in [1.54, 1.807) is 0 Å². The molecule has 0 radical (unpaired) electrons. The first-order valence-corrected chi connectivity index (χ1v) is 6.60. The highest BCUT2D eigenvalue weighted by Gasteiger charge is 2.16. The molecule has 0 spiro atoms. The summed E-state index contributed by atoms with van der Waals surface area (Å²) in [4.78, 5) is 1.15. The minimum absolute atomic E-state index is 0.125. The van der Waals surface area contributed by atoms with Gasteiger partial charge in [0.25, 0.3) is 0 Å². The number of hydrogen-bond acceptors (Lipinski definition) is 4. The molecule has 0 aliphatic carbocycles. The molecule has 1 aromatic heterocycles. The molecule has 1 heterocycles. The van der Waals surface area contributed by atoms with Gasteiger partial charge in [-0.15, -0.1) is 10.2 Å². The van der Waals surface area contributed by atoms with Gasteiger partial charge < -0.3 is 5.11 Å². The molecule has 0 aliphatic rings. The van der Waals surface area contributed by atoms with Crippen LogP contribution in [0.15, 0.2) is 48.5 Å². The Morgan fingerprint density at radius 3 is 2.64 bits per heavy atom. The lowest BCUT2D eigenvalue weighted by molar-refractivity contribution is 0.140. The van der Waals surface area contributed by atoms with Crippen molar-refractivity contribution in [1.29, 1.82) is 0 Å². The Kier molecular flexibility index (Phi) is 3.88. The molecule has 0 fully saturated rings. The highest BCUT2D eigenvalue weighted by Crippen LogP contribution is 2.20. The van der Waals surface area contributed by atoms with Crippen LogP contribution in [0, 0.1) is 11.6 Å². The molecule has 5 nitrogen and oxygen atoms in total. The smallest absolute Gasteiger partial charge is 0.204 e. The van der Waals surface area contributed by atoms with E-state index in [0.717, 1.165) is 28.6 Å². The van der Waals surface area contributed by atoms with Gasteiger partial charge in [-0.25, -0.2) is 8.78 Å². The quantitative estimate of drug-likeness (QED) is 0.803. The minimum Gasteiger partial charge on any atom is -0.386 e. The Labute approximate surface area is 124 Å². The summed E-state index contributed by atoms with van der Waals surface area (Å²) in [5.41, 5.74) is 0.638. The van der Waals surface area contributed by atoms with Crippen molar-refractivity contribution in [2.45, 2.75) is 12.6 Å². The number of halogens is 2. The van der Waals surface area contributed by atoms with Crippen LogP contribution in [0.5, 0.6) is 0 Å². The molecule has 7 heteroatoms. The number of aromatic nitrogens is 4. The third-order valence-electron chi connectivity index (χ3n) is 3.14. The fourth-order valence-electron chi connectivity index (χ4n) is 2.05. The third kappa shape index (κ3) is 2.99. The van der Waals surface area contributed by atoms with E-state index >= 15 is 0 Å². The van der Waals surface area contributed by atoms with Gasteiger partial charge in [0.15, 0.2) is 0 Å². The summed E-state index contributed by atoms with van der Waals surface area (Å²) in [6.07, 6.45) is -1.27. The average Bonchev–Trinajstić information content (AvgIpc) is 2.99. The molecule has 0 aliphatic heterocycles. The second-order valence-corrected chi connectivity index (χ2v) is 4.72. The number of aliphatic hydroxyl groups excluding tert-OH is 1. The standard InChI is InChI=1S/C15H12F2N4O/c16-11-6-7-13(17)12(8-11)14(22)9-21-19-15(18-20-21)10-4-2-1-3-5-10/h1-8,14,22H,9H2. The van der Waals surface area contributed by atoms with Crippen LogP contribution in [0.25, 0.3) is 11.4 Å². The first-order valence-electron chi connectivity index (χ1n) is 6.60. The molecule has 3 rings (SSSR count). The maximum Gasteiger partial charge on any atom is 0.204 e. The SMILES string of the molecule is OC(Cn1nnc(-c2ccccc2)n1)c1cc(F)ccc1F. The second kappa shape index (κ2) is 5.98. The molecule has 0 saturated carbocycles. The van der Waals surface area contributed by atoms with Gasteiger partial charge in [-0.05, 0) is 23.4 Å². The summed E-state index contributed by atoms with van der Waals surface area (Å²) in [5.74, 6) is -0.906. The Morgan fingerprint density at radius 1 is 1.09 bits per heavy atom. The van der Waals surface area contributed by atoms with E-state index in [0.29, 0.717) is 5.82 Å². The number of hydrogen-bond donors (Lipinski definition) is 1. The summed E-state index contributed by atoms with van der Waals surface area (Å²) >= 11 is 0. The first-order chi connectivity index (χ1) is 10.6. The van der Waals surface area contributed by atoms with Crippen LogP contribution in [0.3, 0.4) is 0 Å². The van der Waals surface area contributed by atoms with Crippen LogP contribution >= 0.6 is 0 Å². The van der Waals surface area contributed by atoms with Gasteiger partial charge in [-0.1, -0.05) is 30.3 Å². The molecular weight excluding hydrogens is 290 g/mol. The van der Waals surface area contributed by atoms with E-state index < -0.39 is 17.7 Å². The molecule has 1 unspecified atom stereocenters. The highest BCUT2D eigenvalue weighted by atomic mass is 19.1. The van der Waals surface area contributed by atoms with E-state index in [4.69, 9.17) is 0 Å². The zero-order chi connectivity index (χ0) is 15.5. The van der Waals surface area contributed by atoms with Crippen molar-refractivity contribution in [2.75, 3.05) is 0 Å². The predicted molar refractivity (Wildman–Crippen MR) is 74.6 cm³/mol. The number of nitrogens with zero attached hydrogens (tertiary/aromatic N) is 4. The lowest BCUT2D eigenvalue weighted by Gasteiger charge is -2.10. The Balaban J connectivity index is 1.79. The summed E-state index contributed by atoms with van der Waals surface area (Å²) in [5, 5.41) is 21.8. The summed E-state index contributed by atoms with van der Waals surface area (Å²) in [6.45, 7) is -0.125. The molecule has 0 amide bonds. The zero-order valence-electron chi connectivity index (χ0n) is 11.4. The van der Waals surface area contributed by atoms with Gasteiger partial charge in [0.1, 0.15) is 17.7 Å². The largest absolute Gasteiger partial charge is 0.386 e. The number of benzene rings is 2. The molecule has 0 bridgehead atoms. The van der Waals surface area contributed by atoms with Gasteiger partial charge in [0.05, 0.1) is 6.54 Å². The van der Waals surface area contributed by atoms with Gasteiger partial charge in [0, 0.05) is 11.1 Å². The van der Waals surface area contributed by atoms with Crippen molar-refractivity contribution in [2.24, 2.45) is 0 Å². The van der Waals surface area contributed by atoms with Crippen LogP contribution in [0.2, 0.25) is 0 Å². The molecule has 1 atom stereocenters. The molecule has 1 N–H and O–H groups in total. The summed E-state index contributed by atoms with van der Waals surface area (Å²) in [7, 11) is 0. The van der Waals surface area contributed by atoms with Crippen molar-refractivity contribution in [3.8, 4) is 11.4 Å². The lowest BCUT2D eigenvalue weighted by Crippen LogP contribution is -2.13. The van der Waals surface area contributed by atoms with Crippen molar-refractivity contribution in [3.63, 3.8) is 0 Å². The molecule has 3 aromatic rings. The van der Waals surface area contributed by atoms with E-state index in [9.17, 15) is 13.9 Å². The Morgan fingerprint density at radius 2 is 1.86 bits per heavy atom. The lowest BCUT2D eigenvalue weighted by atomic mass is 10.1. The van der Waals surface area contributed by atoms with E-state index in [1.807, 2.05) is 30.3 Å². The van der Waals surface area contributed by atoms with Crippen LogP contribution in [-0.4, -0.2) is 25.3 Å². The van der Waals surface area contributed by atoms with E-state index in [2.05, 4.69) is 15.4 Å². The van der Waals surface area contributed by atoms with Gasteiger partial charge in [-0.2, -0.15) is 4.80 Å². The van der Waals surface area contributed by atoms with Crippen molar-refractivity contribution >= 4 is 0 Å². The molecule has 22 heavy (non-hydrogen) atoms. The second-order valence-electron chi connectivity index (χ2n) is 4.72. The van der Waals surface area contributed by atoms with Crippen LogP contribution in [0.1, 0.15) is 11.7 Å². The van der Waals surface area contributed by atoms with Crippen molar-refractivity contribution < 1.29 is 13.9 Å². The number of tetrazole rings is 1. The van der Waals surface area contributed by atoms with Crippen molar-refractivity contribution in [3.05, 3.63) is 65.7 Å².